The molecule has 2 aromatic carbocycles. The van der Waals surface area contributed by atoms with Crippen LogP contribution < -0.4 is 16.2 Å². The summed E-state index contributed by atoms with van der Waals surface area (Å²) >= 11 is 0. The summed E-state index contributed by atoms with van der Waals surface area (Å²) in [6.07, 6.45) is 0. The van der Waals surface area contributed by atoms with Crippen molar-refractivity contribution in [2.24, 2.45) is 5.84 Å². The first-order chi connectivity index (χ1) is 9.24. The molecule has 0 saturated heterocycles. The van der Waals surface area contributed by atoms with Gasteiger partial charge in [0.05, 0.1) is 5.92 Å². The lowest BCUT2D eigenvalue weighted by Crippen LogP contribution is -2.37. The second-order valence-electron chi connectivity index (χ2n) is 4.62. The number of carbonyl (C=O) groups excluding carboxylic acids is 1. The summed E-state index contributed by atoms with van der Waals surface area (Å²) in [6, 6.07) is 15.8. The van der Waals surface area contributed by atoms with Crippen LogP contribution in [0.3, 0.4) is 0 Å². The Labute approximate surface area is 111 Å². The minimum absolute atomic E-state index is 0.187. The van der Waals surface area contributed by atoms with E-state index in [-0.39, 0.29) is 11.8 Å². The second-order valence-corrected chi connectivity index (χ2v) is 4.62. The zero-order valence-corrected chi connectivity index (χ0v) is 10.6. The van der Waals surface area contributed by atoms with Crippen molar-refractivity contribution < 1.29 is 4.79 Å². The predicted octanol–water partition coefficient (Wildman–Crippen LogP) is 1.89. The molecule has 0 fully saturated rings. The molecule has 4 heteroatoms. The number of amides is 1. The fourth-order valence-electron chi connectivity index (χ4n) is 2.74. The molecule has 1 heterocycles. The molecule has 2 aromatic rings. The van der Waals surface area contributed by atoms with E-state index in [1.807, 2.05) is 55.6 Å². The van der Waals surface area contributed by atoms with E-state index in [2.05, 4.69) is 10.3 Å². The number of hydrogen-bond acceptors (Lipinski definition) is 3. The molecule has 1 aliphatic heterocycles. The third-order valence-corrected chi connectivity index (χ3v) is 3.62. The normalized spacial score (nSPS) is 13.7. The Bertz CT molecular complexity index is 591. The van der Waals surface area contributed by atoms with Crippen LogP contribution >= 0.6 is 0 Å². The zero-order valence-electron chi connectivity index (χ0n) is 10.6. The zero-order chi connectivity index (χ0) is 13.4. The molecular weight excluding hydrogens is 238 g/mol. The minimum Gasteiger partial charge on any atom is -0.344 e. The summed E-state index contributed by atoms with van der Waals surface area (Å²) in [6.45, 7) is 0. The fourth-order valence-corrected chi connectivity index (χ4v) is 2.74. The van der Waals surface area contributed by atoms with Crippen LogP contribution in [0.5, 0.6) is 0 Å². The number of rotatable bonds is 1. The predicted molar refractivity (Wildman–Crippen MR) is 75.1 cm³/mol. The SMILES string of the molecule is CN1c2ccccc2C(C(=O)NN)c2ccccc21. The van der Waals surface area contributed by atoms with E-state index in [1.165, 1.54) is 0 Å². The number of carbonyl (C=O) groups is 1. The molecule has 1 amide bonds. The highest BCUT2D eigenvalue weighted by Crippen LogP contribution is 2.44. The van der Waals surface area contributed by atoms with Gasteiger partial charge in [-0.2, -0.15) is 0 Å². The Hall–Kier alpha value is -2.33. The maximum absolute atomic E-state index is 12.1. The van der Waals surface area contributed by atoms with Crippen LogP contribution in [0, 0.1) is 0 Å². The van der Waals surface area contributed by atoms with E-state index in [0.29, 0.717) is 0 Å². The van der Waals surface area contributed by atoms with Gasteiger partial charge in [-0.05, 0) is 23.3 Å². The monoisotopic (exact) mass is 253 g/mol. The van der Waals surface area contributed by atoms with Gasteiger partial charge in [-0.25, -0.2) is 5.84 Å². The van der Waals surface area contributed by atoms with Crippen LogP contribution in [0.2, 0.25) is 0 Å². The number of fused-ring (bicyclic) bond motifs is 2. The molecule has 0 aliphatic carbocycles. The third-order valence-electron chi connectivity index (χ3n) is 3.62. The molecule has 0 atom stereocenters. The molecular formula is C15H15N3O. The topological polar surface area (TPSA) is 58.4 Å². The lowest BCUT2D eigenvalue weighted by atomic mass is 9.84. The van der Waals surface area contributed by atoms with Gasteiger partial charge in [0, 0.05) is 18.4 Å². The van der Waals surface area contributed by atoms with Gasteiger partial charge in [-0.3, -0.25) is 10.2 Å². The number of para-hydroxylation sites is 2. The Morgan fingerprint density at radius 2 is 1.53 bits per heavy atom. The Kier molecular flexibility index (Phi) is 2.72. The molecule has 96 valence electrons. The van der Waals surface area contributed by atoms with E-state index in [1.54, 1.807) is 0 Å². The standard InChI is InChI=1S/C15H15N3O/c1-18-12-8-4-2-6-10(12)14(15(19)17-16)11-7-3-5-9-13(11)18/h2-9,14H,16H2,1H3,(H,17,19). The number of nitrogens with two attached hydrogens (primary N) is 1. The molecule has 0 aromatic heterocycles. The van der Waals surface area contributed by atoms with Crippen molar-refractivity contribution in [2.45, 2.75) is 5.92 Å². The first-order valence-corrected chi connectivity index (χ1v) is 6.16. The van der Waals surface area contributed by atoms with Crippen molar-refractivity contribution >= 4 is 17.3 Å². The highest BCUT2D eigenvalue weighted by molar-refractivity contribution is 5.93. The third kappa shape index (κ3) is 1.69. The van der Waals surface area contributed by atoms with Gasteiger partial charge in [0.25, 0.3) is 0 Å². The molecule has 0 unspecified atom stereocenters. The van der Waals surface area contributed by atoms with Gasteiger partial charge < -0.3 is 4.90 Å². The lowest BCUT2D eigenvalue weighted by molar-refractivity contribution is -0.121. The quantitative estimate of drug-likeness (QED) is 0.463. The van der Waals surface area contributed by atoms with Crippen molar-refractivity contribution in [3.63, 3.8) is 0 Å². The number of benzene rings is 2. The molecule has 0 bridgehead atoms. The van der Waals surface area contributed by atoms with Gasteiger partial charge in [0.1, 0.15) is 0 Å². The van der Waals surface area contributed by atoms with Crippen molar-refractivity contribution in [3.8, 4) is 0 Å². The molecule has 0 saturated carbocycles. The largest absolute Gasteiger partial charge is 0.344 e. The summed E-state index contributed by atoms with van der Waals surface area (Å²) in [5, 5.41) is 0. The summed E-state index contributed by atoms with van der Waals surface area (Å²) in [7, 11) is 2.01. The highest BCUT2D eigenvalue weighted by Gasteiger charge is 2.32. The number of nitrogens with zero attached hydrogens (tertiary/aromatic N) is 1. The van der Waals surface area contributed by atoms with Crippen molar-refractivity contribution in [1.29, 1.82) is 0 Å². The molecule has 3 rings (SSSR count). The van der Waals surface area contributed by atoms with Crippen molar-refractivity contribution in [1.82, 2.24) is 5.43 Å². The van der Waals surface area contributed by atoms with Crippen molar-refractivity contribution in [3.05, 3.63) is 59.7 Å². The van der Waals surface area contributed by atoms with E-state index >= 15 is 0 Å². The second kappa shape index (κ2) is 4.40. The van der Waals surface area contributed by atoms with Gasteiger partial charge in [-0.15, -0.1) is 0 Å². The maximum atomic E-state index is 12.1. The Morgan fingerprint density at radius 1 is 1.05 bits per heavy atom. The van der Waals surface area contributed by atoms with Crippen LogP contribution in [0.25, 0.3) is 0 Å². The molecule has 0 spiro atoms. The highest BCUT2D eigenvalue weighted by atomic mass is 16.2. The van der Waals surface area contributed by atoms with Crippen LogP contribution in [0.4, 0.5) is 11.4 Å². The van der Waals surface area contributed by atoms with E-state index < -0.39 is 0 Å². The molecule has 1 aliphatic rings. The Balaban J connectivity index is 2.26. The molecule has 4 nitrogen and oxygen atoms in total. The number of anilines is 2. The summed E-state index contributed by atoms with van der Waals surface area (Å²) in [5.74, 6) is 4.80. The lowest BCUT2D eigenvalue weighted by Gasteiger charge is -2.34. The molecule has 19 heavy (non-hydrogen) atoms. The first-order valence-electron chi connectivity index (χ1n) is 6.16. The average molecular weight is 253 g/mol. The van der Waals surface area contributed by atoms with Crippen LogP contribution in [-0.4, -0.2) is 13.0 Å². The van der Waals surface area contributed by atoms with E-state index in [4.69, 9.17) is 5.84 Å². The minimum atomic E-state index is -0.353. The van der Waals surface area contributed by atoms with Gasteiger partial charge >= 0.3 is 0 Å². The van der Waals surface area contributed by atoms with Gasteiger partial charge in [0.15, 0.2) is 0 Å². The average Bonchev–Trinajstić information content (AvgIpc) is 2.47. The number of hydrazine groups is 1. The van der Waals surface area contributed by atoms with E-state index in [9.17, 15) is 4.79 Å². The van der Waals surface area contributed by atoms with Gasteiger partial charge in [0.2, 0.25) is 5.91 Å². The fraction of sp³-hybridized carbons (Fsp3) is 0.133. The summed E-state index contributed by atoms with van der Waals surface area (Å²) in [5.41, 5.74) is 6.30. The molecule has 0 radical (unpaired) electrons. The van der Waals surface area contributed by atoms with Crippen LogP contribution in [0.1, 0.15) is 17.0 Å². The van der Waals surface area contributed by atoms with Crippen molar-refractivity contribution in [2.75, 3.05) is 11.9 Å². The van der Waals surface area contributed by atoms with Crippen LogP contribution in [0.15, 0.2) is 48.5 Å². The number of hydrogen-bond donors (Lipinski definition) is 2. The molecule has 3 N–H and O–H groups in total. The van der Waals surface area contributed by atoms with Gasteiger partial charge in [-0.1, -0.05) is 36.4 Å². The first kappa shape index (κ1) is 11.7. The Morgan fingerprint density at radius 3 is 2.00 bits per heavy atom. The summed E-state index contributed by atoms with van der Waals surface area (Å²) < 4.78 is 0. The van der Waals surface area contributed by atoms with Crippen LogP contribution in [-0.2, 0) is 4.79 Å². The number of nitrogens with one attached hydrogen (secondary N) is 1. The smallest absolute Gasteiger partial charge is 0.246 e. The van der Waals surface area contributed by atoms with E-state index in [0.717, 1.165) is 22.5 Å². The summed E-state index contributed by atoms with van der Waals surface area (Å²) in [4.78, 5) is 14.2. The maximum Gasteiger partial charge on any atom is 0.246 e.